The molecular weight excluding hydrogens is 230 g/mol. The van der Waals surface area contributed by atoms with E-state index in [1.807, 2.05) is 6.92 Å². The smallest absolute Gasteiger partial charge is 0.305 e. The first-order valence-electron chi connectivity index (χ1n) is 5.16. The Morgan fingerprint density at radius 1 is 1.50 bits per heavy atom. The van der Waals surface area contributed by atoms with Crippen molar-refractivity contribution in [2.75, 3.05) is 26.0 Å². The van der Waals surface area contributed by atoms with Crippen molar-refractivity contribution < 1.29 is 19.4 Å². The van der Waals surface area contributed by atoms with E-state index in [9.17, 15) is 9.59 Å². The zero-order valence-electron chi connectivity index (χ0n) is 9.69. The van der Waals surface area contributed by atoms with Gasteiger partial charge in [-0.15, -0.1) is 11.8 Å². The van der Waals surface area contributed by atoms with Crippen LogP contribution in [0, 0.1) is 0 Å². The minimum absolute atomic E-state index is 0.0697. The average Bonchev–Trinajstić information content (AvgIpc) is 2.31. The number of aliphatic hydroxyl groups excluding tert-OH is 1. The highest BCUT2D eigenvalue weighted by Crippen LogP contribution is 2.08. The third-order valence-corrected chi connectivity index (χ3v) is 3.01. The Morgan fingerprint density at radius 3 is 2.75 bits per heavy atom. The highest BCUT2D eigenvalue weighted by molar-refractivity contribution is 8.00. The molecule has 0 saturated carbocycles. The highest BCUT2D eigenvalue weighted by Gasteiger charge is 2.06. The van der Waals surface area contributed by atoms with E-state index in [2.05, 4.69) is 10.1 Å². The van der Waals surface area contributed by atoms with Crippen molar-refractivity contribution in [3.05, 3.63) is 0 Å². The number of amides is 1. The Kier molecular flexibility index (Phi) is 9.03. The van der Waals surface area contributed by atoms with Crippen LogP contribution in [0.15, 0.2) is 0 Å². The number of hydrogen-bond donors (Lipinski definition) is 2. The van der Waals surface area contributed by atoms with E-state index in [1.165, 1.54) is 18.9 Å². The lowest BCUT2D eigenvalue weighted by Crippen LogP contribution is -2.27. The first kappa shape index (κ1) is 15.2. The van der Waals surface area contributed by atoms with E-state index in [4.69, 9.17) is 5.11 Å². The van der Waals surface area contributed by atoms with Gasteiger partial charge in [-0.3, -0.25) is 9.59 Å². The van der Waals surface area contributed by atoms with Crippen LogP contribution >= 0.6 is 11.8 Å². The zero-order valence-corrected chi connectivity index (χ0v) is 10.5. The van der Waals surface area contributed by atoms with E-state index in [1.54, 1.807) is 0 Å². The van der Waals surface area contributed by atoms with Gasteiger partial charge in [0.2, 0.25) is 5.91 Å². The van der Waals surface area contributed by atoms with Crippen molar-refractivity contribution in [3.8, 4) is 0 Å². The van der Waals surface area contributed by atoms with Crippen LogP contribution in [0.1, 0.15) is 19.8 Å². The van der Waals surface area contributed by atoms with Gasteiger partial charge >= 0.3 is 5.97 Å². The largest absolute Gasteiger partial charge is 0.469 e. The van der Waals surface area contributed by atoms with Crippen LogP contribution in [0.2, 0.25) is 0 Å². The average molecular weight is 249 g/mol. The maximum atomic E-state index is 11.2. The summed E-state index contributed by atoms with van der Waals surface area (Å²) in [4.78, 5) is 22.0. The van der Waals surface area contributed by atoms with Gasteiger partial charge in [0.05, 0.1) is 19.5 Å². The molecule has 1 unspecified atom stereocenters. The van der Waals surface area contributed by atoms with E-state index in [0.29, 0.717) is 25.1 Å². The van der Waals surface area contributed by atoms with Gasteiger partial charge in [0, 0.05) is 18.2 Å². The van der Waals surface area contributed by atoms with Crippen LogP contribution in [0.5, 0.6) is 0 Å². The van der Waals surface area contributed by atoms with Gasteiger partial charge in [-0.2, -0.15) is 0 Å². The fourth-order valence-corrected chi connectivity index (χ4v) is 1.53. The van der Waals surface area contributed by atoms with Crippen LogP contribution in [-0.2, 0) is 14.3 Å². The fourth-order valence-electron chi connectivity index (χ4n) is 0.884. The Hall–Kier alpha value is -0.750. The first-order valence-corrected chi connectivity index (χ1v) is 6.21. The van der Waals surface area contributed by atoms with Crippen LogP contribution in [-0.4, -0.2) is 48.2 Å². The van der Waals surface area contributed by atoms with Gasteiger partial charge in [0.25, 0.3) is 0 Å². The van der Waals surface area contributed by atoms with Gasteiger partial charge in [0.1, 0.15) is 0 Å². The quantitative estimate of drug-likeness (QED) is 0.474. The molecule has 0 bridgehead atoms. The van der Waals surface area contributed by atoms with Crippen molar-refractivity contribution in [1.29, 1.82) is 0 Å². The normalized spacial score (nSPS) is 11.9. The molecule has 0 fully saturated rings. The maximum Gasteiger partial charge on any atom is 0.305 e. The molecule has 16 heavy (non-hydrogen) atoms. The van der Waals surface area contributed by atoms with E-state index < -0.39 is 0 Å². The summed E-state index contributed by atoms with van der Waals surface area (Å²) in [6.07, 6.45) is 0.898. The number of esters is 1. The van der Waals surface area contributed by atoms with Gasteiger partial charge in [-0.05, 0) is 6.42 Å². The molecule has 0 aliphatic heterocycles. The molecule has 0 aromatic carbocycles. The summed E-state index contributed by atoms with van der Waals surface area (Å²) in [6.45, 7) is 2.40. The Balaban J connectivity index is 3.40. The predicted molar refractivity (Wildman–Crippen MR) is 63.3 cm³/mol. The second kappa shape index (κ2) is 9.47. The van der Waals surface area contributed by atoms with Crippen molar-refractivity contribution in [2.24, 2.45) is 0 Å². The van der Waals surface area contributed by atoms with Gasteiger partial charge in [-0.1, -0.05) is 6.92 Å². The number of hydrogen-bond acceptors (Lipinski definition) is 5. The summed E-state index contributed by atoms with van der Waals surface area (Å²) in [5, 5.41) is 11.5. The standard InChI is InChI=1S/C10H19NO4S/c1-8(6-12)16-7-9(13)11-5-3-4-10(14)15-2/h8,12H,3-7H2,1-2H3,(H,11,13). The monoisotopic (exact) mass is 249 g/mol. The predicted octanol–water partition coefficient (Wildman–Crippen LogP) is 0.170. The number of thioether (sulfide) groups is 1. The Labute approximate surface area is 99.9 Å². The van der Waals surface area contributed by atoms with Crippen LogP contribution in [0.4, 0.5) is 0 Å². The summed E-state index contributed by atoms with van der Waals surface area (Å²) in [7, 11) is 1.34. The first-order chi connectivity index (χ1) is 7.60. The summed E-state index contributed by atoms with van der Waals surface area (Å²) in [6, 6.07) is 0. The molecule has 0 saturated heterocycles. The molecule has 94 valence electrons. The Bertz CT molecular complexity index is 223. The maximum absolute atomic E-state index is 11.2. The molecule has 1 amide bonds. The molecular formula is C10H19NO4S. The molecule has 0 radical (unpaired) electrons. The topological polar surface area (TPSA) is 75.6 Å². The van der Waals surface area contributed by atoms with Crippen molar-refractivity contribution in [3.63, 3.8) is 0 Å². The number of carbonyl (C=O) groups is 2. The summed E-state index contributed by atoms with van der Waals surface area (Å²) < 4.78 is 4.47. The summed E-state index contributed by atoms with van der Waals surface area (Å²) in [5.74, 6) is -0.00681. The van der Waals surface area contributed by atoms with Crippen molar-refractivity contribution >= 4 is 23.6 Å². The van der Waals surface area contributed by atoms with Gasteiger partial charge in [-0.25, -0.2) is 0 Å². The third kappa shape index (κ3) is 8.55. The number of rotatable bonds is 8. The SMILES string of the molecule is COC(=O)CCCNC(=O)CSC(C)CO. The van der Waals surface area contributed by atoms with Crippen molar-refractivity contribution in [2.45, 2.75) is 25.0 Å². The number of aliphatic hydroxyl groups is 1. The molecule has 0 aromatic heterocycles. The lowest BCUT2D eigenvalue weighted by molar-refractivity contribution is -0.140. The molecule has 5 nitrogen and oxygen atoms in total. The number of carbonyl (C=O) groups excluding carboxylic acids is 2. The molecule has 0 heterocycles. The fraction of sp³-hybridized carbons (Fsp3) is 0.800. The summed E-state index contributed by atoms with van der Waals surface area (Å²) in [5.41, 5.74) is 0. The second-order valence-electron chi connectivity index (χ2n) is 3.33. The molecule has 0 rings (SSSR count). The third-order valence-electron chi connectivity index (χ3n) is 1.86. The van der Waals surface area contributed by atoms with Crippen LogP contribution < -0.4 is 5.32 Å². The van der Waals surface area contributed by atoms with Crippen molar-refractivity contribution in [1.82, 2.24) is 5.32 Å². The number of methoxy groups -OCH3 is 1. The minimum atomic E-state index is -0.266. The Morgan fingerprint density at radius 2 is 2.19 bits per heavy atom. The molecule has 0 spiro atoms. The van der Waals surface area contributed by atoms with Gasteiger partial charge < -0.3 is 15.2 Å². The van der Waals surface area contributed by atoms with E-state index in [0.717, 1.165) is 0 Å². The highest BCUT2D eigenvalue weighted by atomic mass is 32.2. The molecule has 0 aliphatic carbocycles. The molecule has 1 atom stereocenters. The summed E-state index contributed by atoms with van der Waals surface area (Å²) >= 11 is 1.40. The molecule has 6 heteroatoms. The number of ether oxygens (including phenoxy) is 1. The second-order valence-corrected chi connectivity index (χ2v) is 4.76. The lowest BCUT2D eigenvalue weighted by Gasteiger charge is -2.07. The van der Waals surface area contributed by atoms with Crippen LogP contribution in [0.3, 0.4) is 0 Å². The molecule has 2 N–H and O–H groups in total. The minimum Gasteiger partial charge on any atom is -0.469 e. The van der Waals surface area contributed by atoms with Gasteiger partial charge in [0.15, 0.2) is 0 Å². The molecule has 0 aromatic rings. The molecule has 0 aliphatic rings. The lowest BCUT2D eigenvalue weighted by atomic mass is 10.3. The zero-order chi connectivity index (χ0) is 12.4. The van der Waals surface area contributed by atoms with Crippen LogP contribution in [0.25, 0.3) is 0 Å². The van der Waals surface area contributed by atoms with E-state index >= 15 is 0 Å². The number of nitrogens with one attached hydrogen (secondary N) is 1. The van der Waals surface area contributed by atoms with E-state index in [-0.39, 0.29) is 23.7 Å².